The predicted octanol–water partition coefficient (Wildman–Crippen LogP) is 2.46. The SMILES string of the molecule is OC1=CC=CC2CCC3NCCCC3=C12. The summed E-state index contributed by atoms with van der Waals surface area (Å²) in [5.74, 6) is 0.979. The van der Waals surface area contributed by atoms with E-state index in [0.29, 0.717) is 17.7 Å². The Morgan fingerprint density at radius 2 is 2.27 bits per heavy atom. The van der Waals surface area contributed by atoms with Crippen molar-refractivity contribution in [2.24, 2.45) is 5.92 Å². The molecule has 1 fully saturated rings. The second kappa shape index (κ2) is 3.53. The lowest BCUT2D eigenvalue weighted by molar-refractivity contribution is 0.362. The highest BCUT2D eigenvalue weighted by molar-refractivity contribution is 5.44. The summed E-state index contributed by atoms with van der Waals surface area (Å²) in [4.78, 5) is 0. The third-order valence-electron chi connectivity index (χ3n) is 3.79. The lowest BCUT2D eigenvalue weighted by Crippen LogP contribution is -2.40. The topological polar surface area (TPSA) is 32.3 Å². The first-order chi connectivity index (χ1) is 7.36. The number of aliphatic hydroxyl groups excluding tert-OH is 1. The molecule has 0 amide bonds. The minimum Gasteiger partial charge on any atom is -0.508 e. The van der Waals surface area contributed by atoms with E-state index in [-0.39, 0.29) is 0 Å². The van der Waals surface area contributed by atoms with Gasteiger partial charge in [-0.3, -0.25) is 0 Å². The molecule has 3 aliphatic rings. The minimum absolute atomic E-state index is 0.473. The van der Waals surface area contributed by atoms with Crippen LogP contribution in [0.3, 0.4) is 0 Å². The van der Waals surface area contributed by atoms with Crippen LogP contribution in [0.4, 0.5) is 0 Å². The summed E-state index contributed by atoms with van der Waals surface area (Å²) < 4.78 is 0. The monoisotopic (exact) mass is 203 g/mol. The smallest absolute Gasteiger partial charge is 0.119 e. The molecule has 2 nitrogen and oxygen atoms in total. The van der Waals surface area contributed by atoms with Crippen molar-refractivity contribution < 1.29 is 5.11 Å². The fraction of sp³-hybridized carbons (Fsp3) is 0.538. The van der Waals surface area contributed by atoms with Gasteiger partial charge in [0.25, 0.3) is 0 Å². The van der Waals surface area contributed by atoms with Crippen molar-refractivity contribution in [3.05, 3.63) is 35.1 Å². The van der Waals surface area contributed by atoms with Crippen LogP contribution in [0.1, 0.15) is 25.7 Å². The molecule has 1 saturated heterocycles. The van der Waals surface area contributed by atoms with Crippen LogP contribution in [-0.4, -0.2) is 17.7 Å². The molecular formula is C13H17NO. The molecule has 0 spiro atoms. The highest BCUT2D eigenvalue weighted by Crippen LogP contribution is 2.39. The van der Waals surface area contributed by atoms with Crippen LogP contribution in [0, 0.1) is 5.92 Å². The average molecular weight is 203 g/mol. The van der Waals surface area contributed by atoms with Gasteiger partial charge in [0.15, 0.2) is 0 Å². The molecule has 2 heteroatoms. The van der Waals surface area contributed by atoms with Crippen LogP contribution in [0.5, 0.6) is 0 Å². The summed E-state index contributed by atoms with van der Waals surface area (Å²) in [5, 5.41) is 13.5. The van der Waals surface area contributed by atoms with Gasteiger partial charge in [-0.2, -0.15) is 0 Å². The molecule has 2 unspecified atom stereocenters. The Kier molecular flexibility index (Phi) is 2.17. The molecule has 0 aromatic carbocycles. The van der Waals surface area contributed by atoms with E-state index in [1.54, 1.807) is 0 Å². The van der Waals surface area contributed by atoms with Gasteiger partial charge < -0.3 is 10.4 Å². The molecule has 0 bridgehead atoms. The summed E-state index contributed by atoms with van der Waals surface area (Å²) in [6.07, 6.45) is 10.8. The zero-order valence-electron chi connectivity index (χ0n) is 8.87. The molecule has 0 radical (unpaired) electrons. The first-order valence-electron chi connectivity index (χ1n) is 5.90. The molecule has 1 aliphatic heterocycles. The van der Waals surface area contributed by atoms with E-state index in [2.05, 4.69) is 11.4 Å². The highest BCUT2D eigenvalue weighted by atomic mass is 16.3. The first kappa shape index (κ1) is 9.22. The number of aliphatic hydroxyl groups is 1. The highest BCUT2D eigenvalue weighted by Gasteiger charge is 2.32. The van der Waals surface area contributed by atoms with E-state index >= 15 is 0 Å². The Balaban J connectivity index is 2.05. The molecular weight excluding hydrogens is 186 g/mol. The standard InChI is InChI=1S/C13H17NO/c15-12-5-1-3-9-6-7-11-10(13(9)12)4-2-8-14-11/h1,3,5,9,11,14-15H,2,4,6-8H2. The Labute approximate surface area is 90.4 Å². The van der Waals surface area contributed by atoms with E-state index < -0.39 is 0 Å². The van der Waals surface area contributed by atoms with E-state index in [1.807, 2.05) is 12.2 Å². The predicted molar refractivity (Wildman–Crippen MR) is 60.6 cm³/mol. The molecule has 15 heavy (non-hydrogen) atoms. The summed E-state index contributed by atoms with van der Waals surface area (Å²) >= 11 is 0. The van der Waals surface area contributed by atoms with Gasteiger partial charge in [0.05, 0.1) is 0 Å². The van der Waals surface area contributed by atoms with Crippen molar-refractivity contribution in [2.45, 2.75) is 31.7 Å². The van der Waals surface area contributed by atoms with Crippen LogP contribution in [-0.2, 0) is 0 Å². The number of rotatable bonds is 0. The Morgan fingerprint density at radius 1 is 1.33 bits per heavy atom. The maximum atomic E-state index is 9.97. The maximum absolute atomic E-state index is 9.97. The van der Waals surface area contributed by atoms with Crippen LogP contribution in [0.2, 0.25) is 0 Å². The van der Waals surface area contributed by atoms with Gasteiger partial charge in [-0.15, -0.1) is 0 Å². The molecule has 0 aromatic heterocycles. The Bertz CT molecular complexity index is 365. The number of hydrogen-bond donors (Lipinski definition) is 2. The molecule has 3 rings (SSSR count). The summed E-state index contributed by atoms with van der Waals surface area (Å²) in [7, 11) is 0. The third kappa shape index (κ3) is 1.44. The van der Waals surface area contributed by atoms with Crippen molar-refractivity contribution in [3.8, 4) is 0 Å². The summed E-state index contributed by atoms with van der Waals surface area (Å²) in [6, 6.07) is 0.534. The van der Waals surface area contributed by atoms with Gasteiger partial charge in [0.1, 0.15) is 5.76 Å². The molecule has 2 aliphatic carbocycles. The van der Waals surface area contributed by atoms with Crippen LogP contribution in [0.25, 0.3) is 0 Å². The van der Waals surface area contributed by atoms with E-state index in [0.717, 1.165) is 13.0 Å². The lowest BCUT2D eigenvalue weighted by atomic mass is 9.75. The van der Waals surface area contributed by atoms with Gasteiger partial charge in [-0.25, -0.2) is 0 Å². The van der Waals surface area contributed by atoms with Crippen molar-refractivity contribution in [2.75, 3.05) is 6.54 Å². The van der Waals surface area contributed by atoms with Gasteiger partial charge >= 0.3 is 0 Å². The molecule has 80 valence electrons. The van der Waals surface area contributed by atoms with E-state index in [9.17, 15) is 5.11 Å². The summed E-state index contributed by atoms with van der Waals surface area (Å²) in [5.41, 5.74) is 2.69. The number of nitrogens with one attached hydrogen (secondary N) is 1. The number of piperidine rings is 1. The first-order valence-corrected chi connectivity index (χ1v) is 5.90. The zero-order valence-corrected chi connectivity index (χ0v) is 8.87. The number of hydrogen-bond acceptors (Lipinski definition) is 2. The fourth-order valence-corrected chi connectivity index (χ4v) is 3.10. The molecule has 2 atom stereocenters. The quantitative estimate of drug-likeness (QED) is 0.634. The number of fused-ring (bicyclic) bond motifs is 2. The average Bonchev–Trinajstić information content (AvgIpc) is 2.29. The van der Waals surface area contributed by atoms with Crippen molar-refractivity contribution in [3.63, 3.8) is 0 Å². The van der Waals surface area contributed by atoms with E-state index in [1.165, 1.54) is 30.4 Å². The van der Waals surface area contributed by atoms with Gasteiger partial charge in [-0.05, 0) is 43.9 Å². The van der Waals surface area contributed by atoms with Crippen molar-refractivity contribution in [1.82, 2.24) is 5.32 Å². The third-order valence-corrected chi connectivity index (χ3v) is 3.79. The molecule has 0 aromatic rings. The largest absolute Gasteiger partial charge is 0.508 e. The Hall–Kier alpha value is -1.02. The van der Waals surface area contributed by atoms with Crippen molar-refractivity contribution >= 4 is 0 Å². The Morgan fingerprint density at radius 3 is 3.20 bits per heavy atom. The second-order valence-electron chi connectivity index (χ2n) is 4.67. The summed E-state index contributed by atoms with van der Waals surface area (Å²) in [6.45, 7) is 1.13. The lowest BCUT2D eigenvalue weighted by Gasteiger charge is -2.37. The van der Waals surface area contributed by atoms with Gasteiger partial charge in [0, 0.05) is 17.5 Å². The van der Waals surface area contributed by atoms with Crippen LogP contribution in [0.15, 0.2) is 35.1 Å². The number of allylic oxidation sites excluding steroid dienone is 4. The molecule has 2 N–H and O–H groups in total. The van der Waals surface area contributed by atoms with Crippen molar-refractivity contribution in [1.29, 1.82) is 0 Å². The fourth-order valence-electron chi connectivity index (χ4n) is 3.10. The van der Waals surface area contributed by atoms with Gasteiger partial charge in [-0.1, -0.05) is 12.2 Å². The molecule has 0 saturated carbocycles. The maximum Gasteiger partial charge on any atom is 0.119 e. The normalized spacial score (nSPS) is 34.5. The molecule has 1 heterocycles. The van der Waals surface area contributed by atoms with Crippen LogP contribution < -0.4 is 5.32 Å². The minimum atomic E-state index is 0.473. The van der Waals surface area contributed by atoms with E-state index in [4.69, 9.17) is 0 Å². The van der Waals surface area contributed by atoms with Crippen LogP contribution >= 0.6 is 0 Å². The van der Waals surface area contributed by atoms with Gasteiger partial charge in [0.2, 0.25) is 0 Å². The zero-order chi connectivity index (χ0) is 10.3. The second-order valence-corrected chi connectivity index (χ2v) is 4.67.